The minimum Gasteiger partial charge on any atom is -0.497 e. The Kier molecular flexibility index (Phi) is 4.18. The quantitative estimate of drug-likeness (QED) is 0.880. The minimum absolute atomic E-state index is 0.00314. The van der Waals surface area contributed by atoms with Crippen molar-refractivity contribution in [2.45, 2.75) is 18.9 Å². The van der Waals surface area contributed by atoms with Crippen molar-refractivity contribution in [2.75, 3.05) is 26.7 Å². The molecule has 6 nitrogen and oxygen atoms in total. The molecule has 0 unspecified atom stereocenters. The molecule has 1 atom stereocenters. The van der Waals surface area contributed by atoms with Crippen molar-refractivity contribution in [3.8, 4) is 5.75 Å². The highest BCUT2D eigenvalue weighted by Crippen LogP contribution is 2.41. The van der Waals surface area contributed by atoms with Crippen LogP contribution in [0.15, 0.2) is 24.3 Å². The fourth-order valence-electron chi connectivity index (χ4n) is 2.75. The molecule has 2 fully saturated rings. The van der Waals surface area contributed by atoms with Crippen molar-refractivity contribution in [3.05, 3.63) is 29.8 Å². The molecule has 1 aliphatic heterocycles. The summed E-state index contributed by atoms with van der Waals surface area (Å²) in [6.07, 6.45) is 2.24. The Morgan fingerprint density at radius 2 is 2.09 bits per heavy atom. The van der Waals surface area contributed by atoms with Crippen LogP contribution in [0.4, 0.5) is 4.79 Å². The highest BCUT2D eigenvalue weighted by molar-refractivity contribution is 5.85. The summed E-state index contributed by atoms with van der Waals surface area (Å²) in [5.74, 6) is 1.18. The highest BCUT2D eigenvalue weighted by atomic mass is 16.5. The lowest BCUT2D eigenvalue weighted by Gasteiger charge is -2.29. The van der Waals surface area contributed by atoms with Gasteiger partial charge in [-0.25, -0.2) is 4.79 Å². The SMILES string of the molecule is COc1ccc([C@@H](NC(=O)N2CCNC(=O)C2)C2CC2)cc1. The number of rotatable bonds is 4. The number of urea groups is 1. The molecule has 0 spiro atoms. The molecular formula is C16H21N3O3. The van der Waals surface area contributed by atoms with Crippen LogP contribution < -0.4 is 15.4 Å². The smallest absolute Gasteiger partial charge is 0.318 e. The molecule has 1 aromatic carbocycles. The van der Waals surface area contributed by atoms with Crippen LogP contribution in [0.5, 0.6) is 5.75 Å². The van der Waals surface area contributed by atoms with E-state index in [1.807, 2.05) is 24.3 Å². The van der Waals surface area contributed by atoms with Crippen LogP contribution in [0.3, 0.4) is 0 Å². The van der Waals surface area contributed by atoms with Crippen LogP contribution in [0.1, 0.15) is 24.4 Å². The standard InChI is InChI=1S/C16H21N3O3/c1-22-13-6-4-12(5-7-13)15(11-2-3-11)18-16(21)19-9-8-17-14(20)10-19/h4-7,11,15H,2-3,8-10H2,1H3,(H,17,20)(H,18,21)/t15-/m0/s1. The first-order chi connectivity index (χ1) is 10.7. The van der Waals surface area contributed by atoms with Crippen molar-refractivity contribution >= 4 is 11.9 Å². The number of nitrogens with zero attached hydrogens (tertiary/aromatic N) is 1. The zero-order valence-corrected chi connectivity index (χ0v) is 12.7. The molecule has 3 rings (SSSR count). The van der Waals surface area contributed by atoms with Crippen LogP contribution in [0.25, 0.3) is 0 Å². The number of ether oxygens (including phenoxy) is 1. The molecular weight excluding hydrogens is 282 g/mol. The van der Waals surface area contributed by atoms with Crippen LogP contribution in [0.2, 0.25) is 0 Å². The summed E-state index contributed by atoms with van der Waals surface area (Å²) < 4.78 is 5.17. The summed E-state index contributed by atoms with van der Waals surface area (Å²) >= 11 is 0. The lowest BCUT2D eigenvalue weighted by atomic mass is 10.0. The summed E-state index contributed by atoms with van der Waals surface area (Å²) in [5.41, 5.74) is 1.08. The van der Waals surface area contributed by atoms with E-state index in [1.54, 1.807) is 12.0 Å². The predicted molar refractivity (Wildman–Crippen MR) is 81.6 cm³/mol. The molecule has 118 valence electrons. The van der Waals surface area contributed by atoms with E-state index < -0.39 is 0 Å². The molecule has 0 radical (unpaired) electrons. The minimum atomic E-state index is -0.164. The van der Waals surface area contributed by atoms with Gasteiger partial charge in [-0.3, -0.25) is 4.79 Å². The van der Waals surface area contributed by atoms with Gasteiger partial charge in [0.15, 0.2) is 0 Å². The van der Waals surface area contributed by atoms with Gasteiger partial charge in [-0.05, 0) is 36.5 Å². The molecule has 1 heterocycles. The van der Waals surface area contributed by atoms with Crippen molar-refractivity contribution in [1.29, 1.82) is 0 Å². The number of hydrogen-bond acceptors (Lipinski definition) is 3. The van der Waals surface area contributed by atoms with E-state index in [4.69, 9.17) is 4.74 Å². The molecule has 2 N–H and O–H groups in total. The van der Waals surface area contributed by atoms with Crippen LogP contribution in [0, 0.1) is 5.92 Å². The summed E-state index contributed by atoms with van der Waals surface area (Å²) in [6, 6.07) is 7.64. The first-order valence-electron chi connectivity index (χ1n) is 7.63. The van der Waals surface area contributed by atoms with Gasteiger partial charge in [0.05, 0.1) is 13.2 Å². The second kappa shape index (κ2) is 6.25. The predicted octanol–water partition coefficient (Wildman–Crippen LogP) is 1.29. The fourth-order valence-corrected chi connectivity index (χ4v) is 2.75. The Labute approximate surface area is 129 Å². The summed E-state index contributed by atoms with van der Waals surface area (Å²) in [5, 5.41) is 5.81. The Hall–Kier alpha value is -2.24. The van der Waals surface area contributed by atoms with Crippen LogP contribution >= 0.6 is 0 Å². The van der Waals surface area contributed by atoms with Gasteiger partial charge >= 0.3 is 6.03 Å². The van der Waals surface area contributed by atoms with E-state index in [9.17, 15) is 9.59 Å². The Morgan fingerprint density at radius 1 is 1.36 bits per heavy atom. The Bertz CT molecular complexity index is 554. The van der Waals surface area contributed by atoms with Crippen molar-refractivity contribution < 1.29 is 14.3 Å². The number of nitrogens with one attached hydrogen (secondary N) is 2. The monoisotopic (exact) mass is 303 g/mol. The maximum Gasteiger partial charge on any atom is 0.318 e. The topological polar surface area (TPSA) is 70.7 Å². The van der Waals surface area contributed by atoms with Gasteiger partial charge in [-0.2, -0.15) is 0 Å². The first kappa shape index (κ1) is 14.7. The molecule has 6 heteroatoms. The molecule has 1 aromatic rings. The molecule has 1 saturated carbocycles. The number of amides is 3. The largest absolute Gasteiger partial charge is 0.497 e. The lowest BCUT2D eigenvalue weighted by Crippen LogP contribution is -2.53. The summed E-state index contributed by atoms with van der Waals surface area (Å²) in [7, 11) is 1.64. The van der Waals surface area contributed by atoms with E-state index in [2.05, 4.69) is 10.6 Å². The van der Waals surface area contributed by atoms with E-state index in [0.29, 0.717) is 19.0 Å². The van der Waals surface area contributed by atoms with Gasteiger partial charge in [0, 0.05) is 13.1 Å². The van der Waals surface area contributed by atoms with E-state index in [0.717, 1.165) is 24.2 Å². The molecule has 22 heavy (non-hydrogen) atoms. The molecule has 1 saturated heterocycles. The average Bonchev–Trinajstić information content (AvgIpc) is 3.37. The van der Waals surface area contributed by atoms with E-state index >= 15 is 0 Å². The van der Waals surface area contributed by atoms with Crippen molar-refractivity contribution in [2.24, 2.45) is 5.92 Å². The molecule has 0 bridgehead atoms. The fraction of sp³-hybridized carbons (Fsp3) is 0.500. The van der Waals surface area contributed by atoms with E-state index in [-0.39, 0.29) is 24.5 Å². The number of benzene rings is 1. The number of carbonyl (C=O) groups is 2. The molecule has 1 aliphatic carbocycles. The Balaban J connectivity index is 1.68. The molecule has 0 aromatic heterocycles. The number of hydrogen-bond donors (Lipinski definition) is 2. The summed E-state index contributed by atoms with van der Waals surface area (Å²) in [4.78, 5) is 25.4. The lowest BCUT2D eigenvalue weighted by molar-refractivity contribution is -0.123. The zero-order valence-electron chi connectivity index (χ0n) is 12.7. The maximum atomic E-state index is 12.4. The third-order valence-electron chi connectivity index (χ3n) is 4.17. The number of methoxy groups -OCH3 is 1. The second-order valence-corrected chi connectivity index (χ2v) is 5.81. The summed E-state index contributed by atoms with van der Waals surface area (Å²) in [6.45, 7) is 1.20. The van der Waals surface area contributed by atoms with Gasteiger partial charge in [0.1, 0.15) is 12.3 Å². The third-order valence-corrected chi connectivity index (χ3v) is 4.17. The van der Waals surface area contributed by atoms with Gasteiger partial charge in [-0.15, -0.1) is 0 Å². The van der Waals surface area contributed by atoms with E-state index in [1.165, 1.54) is 0 Å². The molecule has 2 aliphatic rings. The Morgan fingerprint density at radius 3 is 2.68 bits per heavy atom. The van der Waals surface area contributed by atoms with Gasteiger partial charge in [0.2, 0.25) is 5.91 Å². The molecule has 3 amide bonds. The zero-order chi connectivity index (χ0) is 15.5. The van der Waals surface area contributed by atoms with Crippen LogP contribution in [-0.4, -0.2) is 43.6 Å². The van der Waals surface area contributed by atoms with Gasteiger partial charge < -0.3 is 20.3 Å². The average molecular weight is 303 g/mol. The maximum absolute atomic E-state index is 12.4. The first-order valence-corrected chi connectivity index (χ1v) is 7.63. The highest BCUT2D eigenvalue weighted by Gasteiger charge is 2.34. The van der Waals surface area contributed by atoms with Crippen molar-refractivity contribution in [3.63, 3.8) is 0 Å². The number of carbonyl (C=O) groups excluding carboxylic acids is 2. The normalized spacial score (nSPS) is 19.3. The third kappa shape index (κ3) is 3.32. The number of piperazine rings is 1. The van der Waals surface area contributed by atoms with Gasteiger partial charge in [0.25, 0.3) is 0 Å². The van der Waals surface area contributed by atoms with Crippen molar-refractivity contribution in [1.82, 2.24) is 15.5 Å². The van der Waals surface area contributed by atoms with Crippen LogP contribution in [-0.2, 0) is 4.79 Å². The van der Waals surface area contributed by atoms with Gasteiger partial charge in [-0.1, -0.05) is 12.1 Å². The second-order valence-electron chi connectivity index (χ2n) is 5.81.